The molecule has 1 aliphatic carbocycles. The van der Waals surface area contributed by atoms with Gasteiger partial charge >= 0.3 is 0 Å². The van der Waals surface area contributed by atoms with E-state index in [4.69, 9.17) is 4.74 Å². The summed E-state index contributed by atoms with van der Waals surface area (Å²) in [6.07, 6.45) is 4.83. The maximum atomic E-state index is 12.4. The quantitative estimate of drug-likeness (QED) is 0.922. The summed E-state index contributed by atoms with van der Waals surface area (Å²) in [6.45, 7) is 4.01. The molecule has 2 atom stereocenters. The van der Waals surface area contributed by atoms with Crippen LogP contribution in [0.2, 0.25) is 0 Å². The van der Waals surface area contributed by atoms with Crippen molar-refractivity contribution in [1.82, 2.24) is 10.2 Å². The SMILES string of the molecule is COc1ccccc1C(=O)NCC(=O)N1CCC2(CCC(C)C2)C1. The molecule has 5 heteroatoms. The summed E-state index contributed by atoms with van der Waals surface area (Å²) in [6, 6.07) is 7.03. The van der Waals surface area contributed by atoms with Gasteiger partial charge in [0.25, 0.3) is 5.91 Å². The van der Waals surface area contributed by atoms with Crippen molar-refractivity contribution in [1.29, 1.82) is 0 Å². The number of carbonyl (C=O) groups excluding carboxylic acids is 2. The molecule has 2 amide bonds. The molecule has 3 rings (SSSR count). The Morgan fingerprint density at radius 3 is 2.83 bits per heavy atom. The number of carbonyl (C=O) groups is 2. The first-order valence-corrected chi connectivity index (χ1v) is 8.72. The van der Waals surface area contributed by atoms with E-state index in [1.54, 1.807) is 18.2 Å². The Balaban J connectivity index is 1.54. The lowest BCUT2D eigenvalue weighted by atomic mass is 9.85. The molecule has 2 unspecified atom stereocenters. The molecule has 1 saturated carbocycles. The number of rotatable bonds is 4. The average molecular weight is 330 g/mol. The second-order valence-corrected chi connectivity index (χ2v) is 7.30. The minimum atomic E-state index is -0.274. The first-order valence-electron chi connectivity index (χ1n) is 8.72. The third kappa shape index (κ3) is 3.40. The number of methoxy groups -OCH3 is 1. The van der Waals surface area contributed by atoms with Crippen molar-refractivity contribution >= 4 is 11.8 Å². The van der Waals surface area contributed by atoms with Crippen LogP contribution in [0.25, 0.3) is 0 Å². The van der Waals surface area contributed by atoms with E-state index in [0.717, 1.165) is 25.4 Å². The number of amides is 2. The predicted octanol–water partition coefficient (Wildman–Crippen LogP) is 2.46. The van der Waals surface area contributed by atoms with E-state index in [2.05, 4.69) is 12.2 Å². The van der Waals surface area contributed by atoms with Crippen molar-refractivity contribution in [3.63, 3.8) is 0 Å². The monoisotopic (exact) mass is 330 g/mol. The molecule has 130 valence electrons. The molecular formula is C19H26N2O3. The second-order valence-electron chi connectivity index (χ2n) is 7.30. The highest BCUT2D eigenvalue weighted by molar-refractivity contribution is 5.98. The number of nitrogens with one attached hydrogen (secondary N) is 1. The highest BCUT2D eigenvalue weighted by Gasteiger charge is 2.43. The molecule has 0 bridgehead atoms. The zero-order valence-corrected chi connectivity index (χ0v) is 14.5. The third-order valence-electron chi connectivity index (χ3n) is 5.49. The van der Waals surface area contributed by atoms with Gasteiger partial charge in [0, 0.05) is 13.1 Å². The zero-order chi connectivity index (χ0) is 17.2. The molecular weight excluding hydrogens is 304 g/mol. The Kier molecular flexibility index (Phi) is 4.78. The summed E-state index contributed by atoms with van der Waals surface area (Å²) in [5.41, 5.74) is 0.789. The van der Waals surface area contributed by atoms with Crippen LogP contribution in [0.1, 0.15) is 43.0 Å². The Morgan fingerprint density at radius 2 is 2.12 bits per heavy atom. The number of para-hydroxylation sites is 1. The van der Waals surface area contributed by atoms with E-state index in [1.807, 2.05) is 11.0 Å². The lowest BCUT2D eigenvalue weighted by molar-refractivity contribution is -0.129. The topological polar surface area (TPSA) is 58.6 Å². The molecule has 1 saturated heterocycles. The molecule has 0 radical (unpaired) electrons. The first-order chi connectivity index (χ1) is 11.5. The third-order valence-corrected chi connectivity index (χ3v) is 5.49. The van der Waals surface area contributed by atoms with Gasteiger partial charge in [-0.1, -0.05) is 25.5 Å². The summed E-state index contributed by atoms with van der Waals surface area (Å²) >= 11 is 0. The van der Waals surface area contributed by atoms with Gasteiger partial charge in [-0.05, 0) is 42.7 Å². The number of benzene rings is 1. The highest BCUT2D eigenvalue weighted by Crippen LogP contribution is 2.47. The fourth-order valence-corrected chi connectivity index (χ4v) is 4.21. The molecule has 24 heavy (non-hydrogen) atoms. The molecule has 1 heterocycles. The Labute approximate surface area is 143 Å². The predicted molar refractivity (Wildman–Crippen MR) is 92.0 cm³/mol. The molecule has 1 aromatic rings. The standard InChI is InChI=1S/C19H26N2O3/c1-14-7-8-19(11-14)9-10-21(13-19)17(22)12-20-18(23)15-5-3-4-6-16(15)24-2/h3-6,14H,7-13H2,1-2H3,(H,20,23). The van der Waals surface area contributed by atoms with Gasteiger partial charge in [0.15, 0.2) is 0 Å². The van der Waals surface area contributed by atoms with E-state index in [0.29, 0.717) is 16.7 Å². The summed E-state index contributed by atoms with van der Waals surface area (Å²) in [7, 11) is 1.53. The number of nitrogens with zero attached hydrogens (tertiary/aromatic N) is 1. The number of hydrogen-bond donors (Lipinski definition) is 1. The van der Waals surface area contributed by atoms with Crippen molar-refractivity contribution in [3.8, 4) is 5.75 Å². The Hall–Kier alpha value is -2.04. The molecule has 1 aromatic carbocycles. The van der Waals surface area contributed by atoms with Crippen molar-refractivity contribution in [2.45, 2.75) is 32.6 Å². The highest BCUT2D eigenvalue weighted by atomic mass is 16.5. The van der Waals surface area contributed by atoms with Gasteiger partial charge in [-0.2, -0.15) is 0 Å². The normalized spacial score (nSPS) is 25.9. The largest absolute Gasteiger partial charge is 0.496 e. The fourth-order valence-electron chi connectivity index (χ4n) is 4.21. The molecule has 1 aliphatic heterocycles. The smallest absolute Gasteiger partial charge is 0.255 e. The maximum Gasteiger partial charge on any atom is 0.255 e. The van der Waals surface area contributed by atoms with Crippen LogP contribution in [0.5, 0.6) is 5.75 Å². The Bertz CT molecular complexity index is 631. The van der Waals surface area contributed by atoms with Crippen LogP contribution >= 0.6 is 0 Å². The summed E-state index contributed by atoms with van der Waals surface area (Å²) in [5, 5.41) is 2.73. The van der Waals surface area contributed by atoms with E-state index >= 15 is 0 Å². The van der Waals surface area contributed by atoms with Gasteiger partial charge in [-0.25, -0.2) is 0 Å². The van der Waals surface area contributed by atoms with Crippen LogP contribution in [0.4, 0.5) is 0 Å². The summed E-state index contributed by atoms with van der Waals surface area (Å²) in [4.78, 5) is 26.6. The van der Waals surface area contributed by atoms with Crippen LogP contribution < -0.4 is 10.1 Å². The van der Waals surface area contributed by atoms with Crippen molar-refractivity contribution in [2.75, 3.05) is 26.7 Å². The number of likely N-dealkylation sites (tertiary alicyclic amines) is 1. The molecule has 0 aromatic heterocycles. The zero-order valence-electron chi connectivity index (χ0n) is 14.5. The van der Waals surface area contributed by atoms with Gasteiger partial charge in [-0.15, -0.1) is 0 Å². The van der Waals surface area contributed by atoms with Crippen LogP contribution in [-0.4, -0.2) is 43.5 Å². The van der Waals surface area contributed by atoms with Gasteiger partial charge in [0.2, 0.25) is 5.91 Å². The lowest BCUT2D eigenvalue weighted by Crippen LogP contribution is -2.40. The van der Waals surface area contributed by atoms with Crippen molar-refractivity contribution < 1.29 is 14.3 Å². The van der Waals surface area contributed by atoms with Gasteiger partial charge in [0.1, 0.15) is 5.75 Å². The van der Waals surface area contributed by atoms with E-state index in [9.17, 15) is 9.59 Å². The van der Waals surface area contributed by atoms with E-state index in [1.165, 1.54) is 26.4 Å². The Morgan fingerprint density at radius 1 is 1.33 bits per heavy atom. The number of hydrogen-bond acceptors (Lipinski definition) is 3. The summed E-state index contributed by atoms with van der Waals surface area (Å²) < 4.78 is 5.19. The van der Waals surface area contributed by atoms with Crippen LogP contribution in [0.15, 0.2) is 24.3 Å². The van der Waals surface area contributed by atoms with E-state index in [-0.39, 0.29) is 18.4 Å². The van der Waals surface area contributed by atoms with Crippen molar-refractivity contribution in [3.05, 3.63) is 29.8 Å². The van der Waals surface area contributed by atoms with Crippen LogP contribution in [0.3, 0.4) is 0 Å². The van der Waals surface area contributed by atoms with Gasteiger partial charge in [0.05, 0.1) is 19.2 Å². The van der Waals surface area contributed by atoms with Gasteiger partial charge < -0.3 is 15.0 Å². The van der Waals surface area contributed by atoms with Crippen molar-refractivity contribution in [2.24, 2.45) is 11.3 Å². The minimum absolute atomic E-state index is 0.00896. The number of ether oxygens (including phenoxy) is 1. The molecule has 1 N–H and O–H groups in total. The molecule has 2 aliphatic rings. The van der Waals surface area contributed by atoms with E-state index < -0.39 is 0 Å². The molecule has 2 fully saturated rings. The minimum Gasteiger partial charge on any atom is -0.496 e. The molecule has 1 spiro atoms. The molecule has 5 nitrogen and oxygen atoms in total. The van der Waals surface area contributed by atoms with Crippen LogP contribution in [-0.2, 0) is 4.79 Å². The van der Waals surface area contributed by atoms with Gasteiger partial charge in [-0.3, -0.25) is 9.59 Å². The second kappa shape index (κ2) is 6.83. The first kappa shape index (κ1) is 16.8. The summed E-state index contributed by atoms with van der Waals surface area (Å²) in [5.74, 6) is 1.02. The fraction of sp³-hybridized carbons (Fsp3) is 0.579. The van der Waals surface area contributed by atoms with Crippen LogP contribution in [0, 0.1) is 11.3 Å². The maximum absolute atomic E-state index is 12.4. The average Bonchev–Trinajstić information content (AvgIpc) is 3.18. The lowest BCUT2D eigenvalue weighted by Gasteiger charge is -2.24.